The van der Waals surface area contributed by atoms with Crippen molar-refractivity contribution in [1.82, 2.24) is 4.90 Å². The van der Waals surface area contributed by atoms with Gasteiger partial charge in [-0.15, -0.1) is 0 Å². The lowest BCUT2D eigenvalue weighted by Crippen LogP contribution is -2.37. The monoisotopic (exact) mass is 263 g/mol. The standard InChI is InChI=1S/C17H29NO/c1-6-15-9-10-17(19)16(12-15)8-7-11-18(13(2)3)14(4)5/h9-10,12-14,19H,6-8,11H2,1-5H3. The summed E-state index contributed by atoms with van der Waals surface area (Å²) in [4.78, 5) is 2.50. The molecule has 0 aliphatic heterocycles. The van der Waals surface area contributed by atoms with E-state index in [2.05, 4.69) is 45.6 Å². The fraction of sp³-hybridized carbons (Fsp3) is 0.647. The molecule has 2 heteroatoms. The van der Waals surface area contributed by atoms with Crippen LogP contribution in [-0.4, -0.2) is 28.6 Å². The van der Waals surface area contributed by atoms with Gasteiger partial charge in [-0.2, -0.15) is 0 Å². The van der Waals surface area contributed by atoms with Gasteiger partial charge in [0.25, 0.3) is 0 Å². The number of benzene rings is 1. The van der Waals surface area contributed by atoms with Gasteiger partial charge in [0.15, 0.2) is 0 Å². The maximum Gasteiger partial charge on any atom is 0.118 e. The van der Waals surface area contributed by atoms with Crippen molar-refractivity contribution in [2.75, 3.05) is 6.54 Å². The van der Waals surface area contributed by atoms with E-state index in [1.165, 1.54) is 5.56 Å². The van der Waals surface area contributed by atoms with E-state index in [4.69, 9.17) is 0 Å². The zero-order chi connectivity index (χ0) is 14.4. The number of phenolic OH excluding ortho intramolecular Hbond substituents is 1. The summed E-state index contributed by atoms with van der Waals surface area (Å²) in [6.07, 6.45) is 3.07. The summed E-state index contributed by atoms with van der Waals surface area (Å²) in [6.45, 7) is 12.2. The summed E-state index contributed by atoms with van der Waals surface area (Å²) in [5.41, 5.74) is 2.39. The highest BCUT2D eigenvalue weighted by Crippen LogP contribution is 2.21. The molecule has 0 saturated carbocycles. The molecule has 0 fully saturated rings. The topological polar surface area (TPSA) is 23.5 Å². The molecule has 2 nitrogen and oxygen atoms in total. The minimum Gasteiger partial charge on any atom is -0.508 e. The molecule has 108 valence electrons. The van der Waals surface area contributed by atoms with E-state index < -0.39 is 0 Å². The number of hydrogen-bond donors (Lipinski definition) is 1. The minimum absolute atomic E-state index is 0.442. The number of nitrogens with zero attached hydrogens (tertiary/aromatic N) is 1. The molecule has 0 amide bonds. The van der Waals surface area contributed by atoms with Crippen LogP contribution in [0.25, 0.3) is 0 Å². The van der Waals surface area contributed by atoms with Gasteiger partial charge < -0.3 is 5.11 Å². The summed E-state index contributed by atoms with van der Waals surface area (Å²) in [5.74, 6) is 0.442. The zero-order valence-electron chi connectivity index (χ0n) is 13.1. The molecule has 0 saturated heterocycles. The van der Waals surface area contributed by atoms with E-state index in [1.54, 1.807) is 0 Å². The molecule has 0 heterocycles. The summed E-state index contributed by atoms with van der Waals surface area (Å²) in [7, 11) is 0. The summed E-state index contributed by atoms with van der Waals surface area (Å²) >= 11 is 0. The van der Waals surface area contributed by atoms with E-state index in [0.29, 0.717) is 17.8 Å². The van der Waals surface area contributed by atoms with E-state index in [1.807, 2.05) is 12.1 Å². The molecule has 0 atom stereocenters. The van der Waals surface area contributed by atoms with Crippen LogP contribution in [0, 0.1) is 0 Å². The summed E-state index contributed by atoms with van der Waals surface area (Å²) < 4.78 is 0. The van der Waals surface area contributed by atoms with Gasteiger partial charge in [-0.25, -0.2) is 0 Å². The Hall–Kier alpha value is -1.02. The van der Waals surface area contributed by atoms with Gasteiger partial charge >= 0.3 is 0 Å². The number of rotatable bonds is 7. The lowest BCUT2D eigenvalue weighted by molar-refractivity contribution is 0.173. The molecule has 1 aromatic rings. The molecule has 0 aromatic heterocycles. The molecule has 1 aromatic carbocycles. The maximum atomic E-state index is 9.90. The maximum absolute atomic E-state index is 9.90. The van der Waals surface area contributed by atoms with Crippen molar-refractivity contribution in [2.45, 2.75) is 66.0 Å². The fourth-order valence-corrected chi connectivity index (χ4v) is 2.62. The molecule has 19 heavy (non-hydrogen) atoms. The summed E-state index contributed by atoms with van der Waals surface area (Å²) in [5, 5.41) is 9.90. The Morgan fingerprint density at radius 2 is 1.74 bits per heavy atom. The lowest BCUT2D eigenvalue weighted by atomic mass is 10.0. The van der Waals surface area contributed by atoms with Crippen molar-refractivity contribution in [2.24, 2.45) is 0 Å². The highest BCUT2D eigenvalue weighted by Gasteiger charge is 2.13. The van der Waals surface area contributed by atoms with Crippen LogP contribution in [0.1, 0.15) is 52.2 Å². The van der Waals surface area contributed by atoms with Crippen LogP contribution in [0.15, 0.2) is 18.2 Å². The SMILES string of the molecule is CCc1ccc(O)c(CCCN(C(C)C)C(C)C)c1. The Kier molecular flexibility index (Phi) is 6.36. The highest BCUT2D eigenvalue weighted by atomic mass is 16.3. The Morgan fingerprint density at radius 3 is 2.26 bits per heavy atom. The first kappa shape index (κ1) is 16.0. The number of aromatic hydroxyl groups is 1. The number of hydrogen-bond acceptors (Lipinski definition) is 2. The number of aryl methyl sites for hydroxylation is 2. The molecular weight excluding hydrogens is 234 g/mol. The van der Waals surface area contributed by atoms with Gasteiger partial charge in [0.1, 0.15) is 5.75 Å². The molecule has 0 unspecified atom stereocenters. The largest absolute Gasteiger partial charge is 0.508 e. The van der Waals surface area contributed by atoms with E-state index in [-0.39, 0.29) is 0 Å². The molecule has 0 aliphatic rings. The molecule has 0 bridgehead atoms. The second-order valence-corrected chi connectivity index (χ2v) is 5.85. The molecule has 1 N–H and O–H groups in total. The minimum atomic E-state index is 0.442. The predicted octanol–water partition coefficient (Wildman–Crippen LogP) is 4.01. The fourth-order valence-electron chi connectivity index (χ4n) is 2.62. The van der Waals surface area contributed by atoms with Crippen molar-refractivity contribution >= 4 is 0 Å². The molecule has 0 aliphatic carbocycles. The van der Waals surface area contributed by atoms with Crippen molar-refractivity contribution in [3.63, 3.8) is 0 Å². The Morgan fingerprint density at radius 1 is 1.11 bits per heavy atom. The Labute approximate surface area is 118 Å². The van der Waals surface area contributed by atoms with Gasteiger partial charge in [0.05, 0.1) is 0 Å². The van der Waals surface area contributed by atoms with Gasteiger partial charge in [-0.3, -0.25) is 4.90 Å². The van der Waals surface area contributed by atoms with Gasteiger partial charge in [-0.05, 0) is 70.7 Å². The molecular formula is C17H29NO. The highest BCUT2D eigenvalue weighted by molar-refractivity contribution is 5.36. The van der Waals surface area contributed by atoms with Crippen molar-refractivity contribution in [3.05, 3.63) is 29.3 Å². The summed E-state index contributed by atoms with van der Waals surface area (Å²) in [6, 6.07) is 7.14. The van der Waals surface area contributed by atoms with Crippen molar-refractivity contribution < 1.29 is 5.11 Å². The van der Waals surface area contributed by atoms with Crippen LogP contribution < -0.4 is 0 Å². The quantitative estimate of drug-likeness (QED) is 0.803. The first-order chi connectivity index (χ1) is 8.95. The van der Waals surface area contributed by atoms with Gasteiger partial charge in [0.2, 0.25) is 0 Å². The van der Waals surface area contributed by atoms with Crippen molar-refractivity contribution in [3.8, 4) is 5.75 Å². The third-order valence-electron chi connectivity index (χ3n) is 3.74. The average molecular weight is 263 g/mol. The second kappa shape index (κ2) is 7.54. The molecule has 1 rings (SSSR count). The second-order valence-electron chi connectivity index (χ2n) is 5.85. The van der Waals surface area contributed by atoms with Gasteiger partial charge in [0, 0.05) is 12.1 Å². The Balaban J connectivity index is 2.57. The normalized spacial score (nSPS) is 11.8. The van der Waals surface area contributed by atoms with Gasteiger partial charge in [-0.1, -0.05) is 19.1 Å². The van der Waals surface area contributed by atoms with Crippen LogP contribution in [-0.2, 0) is 12.8 Å². The van der Waals surface area contributed by atoms with E-state index >= 15 is 0 Å². The van der Waals surface area contributed by atoms with Crippen LogP contribution in [0.3, 0.4) is 0 Å². The third-order valence-corrected chi connectivity index (χ3v) is 3.74. The van der Waals surface area contributed by atoms with Crippen LogP contribution in [0.2, 0.25) is 0 Å². The number of phenols is 1. The Bertz CT molecular complexity index is 377. The smallest absolute Gasteiger partial charge is 0.118 e. The average Bonchev–Trinajstić information content (AvgIpc) is 2.35. The molecule has 0 radical (unpaired) electrons. The predicted molar refractivity (Wildman–Crippen MR) is 82.8 cm³/mol. The first-order valence-electron chi connectivity index (χ1n) is 7.52. The lowest BCUT2D eigenvalue weighted by Gasteiger charge is -2.30. The zero-order valence-corrected chi connectivity index (χ0v) is 13.1. The van der Waals surface area contributed by atoms with E-state index in [9.17, 15) is 5.11 Å². The van der Waals surface area contributed by atoms with Crippen LogP contribution in [0.4, 0.5) is 0 Å². The molecule has 0 spiro atoms. The van der Waals surface area contributed by atoms with Crippen LogP contribution >= 0.6 is 0 Å². The van der Waals surface area contributed by atoms with Crippen molar-refractivity contribution in [1.29, 1.82) is 0 Å². The van der Waals surface area contributed by atoms with Crippen LogP contribution in [0.5, 0.6) is 5.75 Å². The first-order valence-corrected chi connectivity index (χ1v) is 7.52. The van der Waals surface area contributed by atoms with E-state index in [0.717, 1.165) is 31.4 Å². The third kappa shape index (κ3) is 4.87.